The summed E-state index contributed by atoms with van der Waals surface area (Å²) in [7, 11) is 0. The number of nitrogens with zero attached hydrogens (tertiary/aromatic N) is 1. The Kier molecular flexibility index (Phi) is 7.02. The Hall–Kier alpha value is -0.760. The lowest BCUT2D eigenvalue weighted by atomic mass is 10.1. The minimum absolute atomic E-state index is 0.227. The maximum Gasteiger partial charge on any atom is 0.213 e. The van der Waals surface area contributed by atoms with Crippen LogP contribution in [0.5, 0.6) is 5.88 Å². The Labute approximate surface area is 109 Å². The van der Waals surface area contributed by atoms with Crippen LogP contribution in [0.1, 0.15) is 51.6 Å². The zero-order chi connectivity index (χ0) is 12.5. The molecule has 0 saturated heterocycles. The number of unbranched alkanes of at least 4 members (excludes halogenated alkanes) is 3. The summed E-state index contributed by atoms with van der Waals surface area (Å²) >= 11 is 5.74. The van der Waals surface area contributed by atoms with Crippen molar-refractivity contribution in [1.82, 2.24) is 4.98 Å². The van der Waals surface area contributed by atoms with Gasteiger partial charge in [-0.3, -0.25) is 0 Å². The van der Waals surface area contributed by atoms with Crippen molar-refractivity contribution in [2.45, 2.75) is 57.9 Å². The van der Waals surface area contributed by atoms with Gasteiger partial charge in [0.25, 0.3) is 0 Å². The fourth-order valence-electron chi connectivity index (χ4n) is 1.72. The minimum Gasteiger partial charge on any atom is -0.475 e. The van der Waals surface area contributed by atoms with E-state index in [4.69, 9.17) is 16.3 Å². The Bertz CT molecular complexity index is 317. The predicted octanol–water partition coefficient (Wildman–Crippen LogP) is 4.56. The second kappa shape index (κ2) is 8.35. The molecule has 1 heterocycles. The van der Waals surface area contributed by atoms with E-state index < -0.39 is 0 Å². The van der Waals surface area contributed by atoms with Gasteiger partial charge < -0.3 is 4.74 Å². The molecule has 1 aromatic heterocycles. The first-order valence-corrected chi connectivity index (χ1v) is 6.98. The standard InChI is InChI=1S/C14H22ClNO/c1-3-4-5-6-8-12(2)17-14-10-7-9-13(11-15)16-14/h7,9-10,12H,3-6,8,11H2,1-2H3. The van der Waals surface area contributed by atoms with E-state index in [1.54, 1.807) is 0 Å². The second-order valence-corrected chi connectivity index (χ2v) is 4.65. The van der Waals surface area contributed by atoms with Crippen LogP contribution < -0.4 is 4.74 Å². The zero-order valence-electron chi connectivity index (χ0n) is 10.8. The summed E-state index contributed by atoms with van der Waals surface area (Å²) in [6.45, 7) is 4.32. The molecule has 0 aromatic carbocycles. The fourth-order valence-corrected chi connectivity index (χ4v) is 1.87. The van der Waals surface area contributed by atoms with Gasteiger partial charge in [-0.1, -0.05) is 32.3 Å². The molecule has 0 aliphatic heterocycles. The molecule has 17 heavy (non-hydrogen) atoms. The smallest absolute Gasteiger partial charge is 0.213 e. The highest BCUT2D eigenvalue weighted by atomic mass is 35.5. The van der Waals surface area contributed by atoms with Crippen LogP contribution in [0.15, 0.2) is 18.2 Å². The van der Waals surface area contributed by atoms with Gasteiger partial charge in [0, 0.05) is 6.07 Å². The summed E-state index contributed by atoms with van der Waals surface area (Å²) in [5.74, 6) is 1.12. The Morgan fingerprint density at radius 1 is 1.29 bits per heavy atom. The molecule has 2 nitrogen and oxygen atoms in total. The molecule has 96 valence electrons. The number of halogens is 1. The zero-order valence-corrected chi connectivity index (χ0v) is 11.5. The summed E-state index contributed by atoms with van der Waals surface area (Å²) in [6, 6.07) is 5.73. The van der Waals surface area contributed by atoms with Crippen LogP contribution in [-0.4, -0.2) is 11.1 Å². The molecule has 1 unspecified atom stereocenters. The van der Waals surface area contributed by atoms with Crippen LogP contribution in [0.3, 0.4) is 0 Å². The number of aromatic nitrogens is 1. The number of rotatable bonds is 8. The molecule has 0 spiro atoms. The third-order valence-electron chi connectivity index (χ3n) is 2.70. The first-order chi connectivity index (χ1) is 8.26. The summed E-state index contributed by atoms with van der Waals surface area (Å²) in [5.41, 5.74) is 0.863. The van der Waals surface area contributed by atoms with Crippen LogP contribution in [0.2, 0.25) is 0 Å². The Balaban J connectivity index is 2.31. The van der Waals surface area contributed by atoms with Crippen molar-refractivity contribution in [3.8, 4) is 5.88 Å². The van der Waals surface area contributed by atoms with Crippen LogP contribution in [-0.2, 0) is 5.88 Å². The van der Waals surface area contributed by atoms with E-state index in [1.807, 2.05) is 18.2 Å². The number of hydrogen-bond acceptors (Lipinski definition) is 2. The summed E-state index contributed by atoms with van der Waals surface area (Å²) in [6.07, 6.45) is 6.42. The molecule has 1 rings (SSSR count). The third kappa shape index (κ3) is 5.92. The normalized spacial score (nSPS) is 12.4. The maximum absolute atomic E-state index is 5.77. The fraction of sp³-hybridized carbons (Fsp3) is 0.643. The topological polar surface area (TPSA) is 22.1 Å². The second-order valence-electron chi connectivity index (χ2n) is 4.38. The highest BCUT2D eigenvalue weighted by Gasteiger charge is 2.05. The van der Waals surface area contributed by atoms with E-state index in [0.717, 1.165) is 12.1 Å². The molecule has 0 fully saturated rings. The van der Waals surface area contributed by atoms with Gasteiger partial charge in [0.05, 0.1) is 17.7 Å². The molecule has 0 aliphatic carbocycles. The van der Waals surface area contributed by atoms with Gasteiger partial charge >= 0.3 is 0 Å². The van der Waals surface area contributed by atoms with E-state index in [2.05, 4.69) is 18.8 Å². The quantitative estimate of drug-likeness (QED) is 0.502. The SMILES string of the molecule is CCCCCCC(C)Oc1cccc(CCl)n1. The van der Waals surface area contributed by atoms with Gasteiger partial charge in [-0.05, 0) is 25.8 Å². The van der Waals surface area contributed by atoms with Crippen molar-refractivity contribution < 1.29 is 4.74 Å². The summed E-state index contributed by atoms with van der Waals surface area (Å²) in [5, 5.41) is 0. The number of pyridine rings is 1. The Morgan fingerprint density at radius 2 is 2.12 bits per heavy atom. The van der Waals surface area contributed by atoms with Crippen molar-refractivity contribution in [1.29, 1.82) is 0 Å². The highest BCUT2D eigenvalue weighted by molar-refractivity contribution is 6.16. The van der Waals surface area contributed by atoms with E-state index in [-0.39, 0.29) is 6.10 Å². The summed E-state index contributed by atoms with van der Waals surface area (Å²) < 4.78 is 5.77. The molecule has 1 atom stereocenters. The number of hydrogen-bond donors (Lipinski definition) is 0. The van der Waals surface area contributed by atoms with E-state index >= 15 is 0 Å². The van der Waals surface area contributed by atoms with E-state index in [0.29, 0.717) is 11.8 Å². The van der Waals surface area contributed by atoms with Crippen molar-refractivity contribution in [2.24, 2.45) is 0 Å². The molecular formula is C14H22ClNO. The van der Waals surface area contributed by atoms with Crippen molar-refractivity contribution in [2.75, 3.05) is 0 Å². The molecular weight excluding hydrogens is 234 g/mol. The molecule has 1 aromatic rings. The lowest BCUT2D eigenvalue weighted by Crippen LogP contribution is -2.12. The number of ether oxygens (including phenoxy) is 1. The van der Waals surface area contributed by atoms with Crippen molar-refractivity contribution in [3.63, 3.8) is 0 Å². The lowest BCUT2D eigenvalue weighted by Gasteiger charge is -2.14. The average Bonchev–Trinajstić information content (AvgIpc) is 2.35. The lowest BCUT2D eigenvalue weighted by molar-refractivity contribution is 0.198. The van der Waals surface area contributed by atoms with E-state index in [9.17, 15) is 0 Å². The molecule has 0 aliphatic rings. The van der Waals surface area contributed by atoms with Gasteiger partial charge in [-0.2, -0.15) is 0 Å². The molecule has 0 amide bonds. The largest absolute Gasteiger partial charge is 0.475 e. The van der Waals surface area contributed by atoms with Crippen molar-refractivity contribution in [3.05, 3.63) is 23.9 Å². The maximum atomic E-state index is 5.77. The molecule has 0 radical (unpaired) electrons. The average molecular weight is 256 g/mol. The van der Waals surface area contributed by atoms with Crippen LogP contribution in [0.25, 0.3) is 0 Å². The van der Waals surface area contributed by atoms with Gasteiger partial charge in [0.15, 0.2) is 0 Å². The highest BCUT2D eigenvalue weighted by Crippen LogP contribution is 2.14. The number of alkyl halides is 1. The van der Waals surface area contributed by atoms with Gasteiger partial charge in [-0.15, -0.1) is 11.6 Å². The van der Waals surface area contributed by atoms with Crippen LogP contribution >= 0.6 is 11.6 Å². The van der Waals surface area contributed by atoms with Gasteiger partial charge in [0.1, 0.15) is 0 Å². The molecule has 0 bridgehead atoms. The van der Waals surface area contributed by atoms with Crippen molar-refractivity contribution >= 4 is 11.6 Å². The predicted molar refractivity (Wildman–Crippen MR) is 72.6 cm³/mol. The van der Waals surface area contributed by atoms with Crippen LogP contribution in [0, 0.1) is 0 Å². The molecule has 0 saturated carbocycles. The monoisotopic (exact) mass is 255 g/mol. The van der Waals surface area contributed by atoms with Crippen LogP contribution in [0.4, 0.5) is 0 Å². The van der Waals surface area contributed by atoms with Gasteiger partial charge in [0.2, 0.25) is 5.88 Å². The molecule has 3 heteroatoms. The van der Waals surface area contributed by atoms with Gasteiger partial charge in [-0.25, -0.2) is 4.98 Å². The Morgan fingerprint density at radius 3 is 2.82 bits per heavy atom. The summed E-state index contributed by atoms with van der Waals surface area (Å²) in [4.78, 5) is 4.32. The first-order valence-electron chi connectivity index (χ1n) is 6.44. The first kappa shape index (κ1) is 14.3. The van der Waals surface area contributed by atoms with E-state index in [1.165, 1.54) is 25.7 Å². The molecule has 0 N–H and O–H groups in total. The minimum atomic E-state index is 0.227. The third-order valence-corrected chi connectivity index (χ3v) is 2.98.